The first-order valence-corrected chi connectivity index (χ1v) is 12.2. The van der Waals surface area contributed by atoms with Gasteiger partial charge in [-0.05, 0) is 6.07 Å². The van der Waals surface area contributed by atoms with Gasteiger partial charge in [0.05, 0.1) is 43.9 Å². The van der Waals surface area contributed by atoms with Crippen molar-refractivity contribution in [2.24, 2.45) is 0 Å². The molecule has 0 spiro atoms. The third kappa shape index (κ3) is 4.50. The fraction of sp³-hybridized carbons (Fsp3) is 0.500. The van der Waals surface area contributed by atoms with E-state index in [0.717, 1.165) is 74.1 Å². The molecule has 32 heavy (non-hydrogen) atoms. The minimum absolute atomic E-state index is 0.233. The lowest BCUT2D eigenvalue weighted by atomic mass is 10.2. The van der Waals surface area contributed by atoms with Crippen molar-refractivity contribution in [2.75, 3.05) is 69.4 Å². The third-order valence-corrected chi connectivity index (χ3v) is 6.94. The molecule has 0 amide bonds. The van der Waals surface area contributed by atoms with Crippen molar-refractivity contribution in [1.82, 2.24) is 33.8 Å². The van der Waals surface area contributed by atoms with Gasteiger partial charge in [0.25, 0.3) is 0 Å². The lowest BCUT2D eigenvalue weighted by Gasteiger charge is -2.32. The van der Waals surface area contributed by atoms with E-state index in [9.17, 15) is 4.55 Å². The second kappa shape index (κ2) is 9.16. The van der Waals surface area contributed by atoms with Crippen molar-refractivity contribution in [3.8, 4) is 11.3 Å². The largest absolute Gasteiger partial charge is 0.598 e. The third-order valence-electron chi connectivity index (χ3n) is 5.85. The Morgan fingerprint density at radius 2 is 1.81 bits per heavy atom. The highest BCUT2D eigenvalue weighted by Crippen LogP contribution is 2.26. The van der Waals surface area contributed by atoms with E-state index in [1.807, 2.05) is 15.0 Å². The van der Waals surface area contributed by atoms with E-state index in [-0.39, 0.29) is 5.95 Å². The number of fused-ring (bicyclic) bond motifs is 1. The van der Waals surface area contributed by atoms with Gasteiger partial charge in [0.15, 0.2) is 5.82 Å². The van der Waals surface area contributed by atoms with Crippen LogP contribution in [0.2, 0.25) is 0 Å². The summed E-state index contributed by atoms with van der Waals surface area (Å²) in [6.45, 7) is 7.00. The highest BCUT2D eigenvalue weighted by Gasteiger charge is 2.24. The number of aromatic nitrogens is 5. The van der Waals surface area contributed by atoms with Gasteiger partial charge in [-0.1, -0.05) is 0 Å². The van der Waals surface area contributed by atoms with Crippen molar-refractivity contribution in [3.05, 3.63) is 30.4 Å². The topological polar surface area (TPSA) is 124 Å². The summed E-state index contributed by atoms with van der Waals surface area (Å²) in [6, 6.07) is 2.12. The first kappa shape index (κ1) is 21.3. The number of hydrogen-bond donors (Lipinski definition) is 1. The molecule has 0 radical (unpaired) electrons. The molecule has 3 aromatic rings. The Balaban J connectivity index is 1.45. The lowest BCUT2D eigenvalue weighted by Crippen LogP contribution is -2.47. The molecule has 5 heterocycles. The van der Waals surface area contributed by atoms with E-state index in [0.29, 0.717) is 13.2 Å². The quantitative estimate of drug-likeness (QED) is 0.524. The van der Waals surface area contributed by atoms with Crippen LogP contribution in [0, 0.1) is 0 Å². The van der Waals surface area contributed by atoms with Crippen LogP contribution in [0.25, 0.3) is 16.8 Å². The molecule has 0 aliphatic carbocycles. The number of nitrogens with zero attached hydrogens (tertiary/aromatic N) is 8. The Morgan fingerprint density at radius 1 is 1.09 bits per heavy atom. The molecule has 0 saturated carbocycles. The maximum absolute atomic E-state index is 11.7. The predicted octanol–water partition coefficient (Wildman–Crippen LogP) is 0.0162. The summed E-state index contributed by atoms with van der Waals surface area (Å²) in [4.78, 5) is 17.8. The van der Waals surface area contributed by atoms with E-state index in [1.165, 1.54) is 0 Å². The maximum atomic E-state index is 11.7. The Bertz CT molecular complexity index is 1060. The fourth-order valence-electron chi connectivity index (χ4n) is 4.09. The summed E-state index contributed by atoms with van der Waals surface area (Å²) in [5, 5.41) is 4.86. The van der Waals surface area contributed by atoms with Crippen molar-refractivity contribution in [3.63, 3.8) is 0 Å². The monoisotopic (exact) mass is 457 g/mol. The van der Waals surface area contributed by atoms with Crippen LogP contribution >= 0.6 is 0 Å². The fourth-order valence-corrected chi connectivity index (χ4v) is 4.77. The molecule has 0 bridgehead atoms. The number of hydrogen-bond acceptors (Lipinski definition) is 10. The van der Waals surface area contributed by atoms with Gasteiger partial charge in [0.2, 0.25) is 5.95 Å². The number of morpholine rings is 1. The van der Waals surface area contributed by atoms with Gasteiger partial charge in [-0.2, -0.15) is 5.10 Å². The standard InChI is InChI=1S/C20H27N9O2S/c1-32(30)28-4-2-26(3-5-28)13-16-10-18-19(27-6-8-31-9-7-27)24-17(14-29(18)25-16)15-11-22-20(21)23-12-15/h10-12,14H,2-9,13H2,1H3,(H2,21,22,23). The number of anilines is 2. The first-order valence-electron chi connectivity index (χ1n) is 10.7. The smallest absolute Gasteiger partial charge is 0.219 e. The summed E-state index contributed by atoms with van der Waals surface area (Å²) in [7, 11) is 0. The Kier molecular flexibility index (Phi) is 6.11. The SMILES string of the molecule is C[S+]([O-])N1CCN(Cc2cc3c(N4CCOCC4)nc(-c4cnc(N)nc4)cn3n2)CC1. The molecule has 3 aromatic heterocycles. The maximum Gasteiger partial charge on any atom is 0.219 e. The number of rotatable bonds is 5. The summed E-state index contributed by atoms with van der Waals surface area (Å²) in [5.41, 5.74) is 9.14. The molecule has 1 atom stereocenters. The summed E-state index contributed by atoms with van der Waals surface area (Å²) >= 11 is -0.910. The van der Waals surface area contributed by atoms with Gasteiger partial charge in [-0.25, -0.2) is 19.5 Å². The van der Waals surface area contributed by atoms with E-state index in [1.54, 1.807) is 18.6 Å². The number of piperazine rings is 1. The van der Waals surface area contributed by atoms with Gasteiger partial charge < -0.3 is 19.9 Å². The van der Waals surface area contributed by atoms with Crippen LogP contribution in [0.15, 0.2) is 24.7 Å². The molecule has 2 aliphatic rings. The van der Waals surface area contributed by atoms with Crippen molar-refractivity contribution >= 4 is 28.6 Å². The normalized spacial score (nSPS) is 19.5. The van der Waals surface area contributed by atoms with Gasteiger partial charge in [-0.3, -0.25) is 4.90 Å². The van der Waals surface area contributed by atoms with Crippen molar-refractivity contribution in [1.29, 1.82) is 0 Å². The van der Waals surface area contributed by atoms with Crippen molar-refractivity contribution in [2.45, 2.75) is 6.54 Å². The second-order valence-electron chi connectivity index (χ2n) is 7.97. The molecule has 1 unspecified atom stereocenters. The minimum Gasteiger partial charge on any atom is -0.598 e. The Hall–Kier alpha value is -2.51. The number of nitrogens with two attached hydrogens (primary N) is 1. The summed E-state index contributed by atoms with van der Waals surface area (Å²) in [5.74, 6) is 1.11. The summed E-state index contributed by atoms with van der Waals surface area (Å²) < 4.78 is 21.1. The van der Waals surface area contributed by atoms with Crippen LogP contribution in [-0.4, -0.2) is 97.1 Å². The first-order chi connectivity index (χ1) is 15.6. The molecule has 2 saturated heterocycles. The highest BCUT2D eigenvalue weighted by molar-refractivity contribution is 7.88. The van der Waals surface area contributed by atoms with E-state index in [4.69, 9.17) is 20.6 Å². The molecule has 170 valence electrons. The Labute approximate surface area is 189 Å². The molecule has 2 N–H and O–H groups in total. The highest BCUT2D eigenvalue weighted by atomic mass is 32.2. The molecule has 0 aromatic carbocycles. The van der Waals surface area contributed by atoms with Crippen LogP contribution in [0.5, 0.6) is 0 Å². The van der Waals surface area contributed by atoms with Crippen LogP contribution < -0.4 is 10.6 Å². The van der Waals surface area contributed by atoms with Crippen LogP contribution in [0.4, 0.5) is 11.8 Å². The van der Waals surface area contributed by atoms with Gasteiger partial charge >= 0.3 is 0 Å². The number of ether oxygens (including phenoxy) is 1. The van der Waals surface area contributed by atoms with Gasteiger partial charge in [0.1, 0.15) is 11.8 Å². The lowest BCUT2D eigenvalue weighted by molar-refractivity contribution is 0.122. The molecule has 12 heteroatoms. The molecular weight excluding hydrogens is 430 g/mol. The number of nitrogen functional groups attached to an aromatic ring is 1. The van der Waals surface area contributed by atoms with Crippen LogP contribution in [0.3, 0.4) is 0 Å². The van der Waals surface area contributed by atoms with E-state index >= 15 is 0 Å². The van der Waals surface area contributed by atoms with Crippen molar-refractivity contribution < 1.29 is 9.29 Å². The average molecular weight is 458 g/mol. The molecule has 5 rings (SSSR count). The van der Waals surface area contributed by atoms with E-state index < -0.39 is 11.4 Å². The van der Waals surface area contributed by atoms with Crippen LogP contribution in [-0.2, 0) is 22.6 Å². The predicted molar refractivity (Wildman–Crippen MR) is 122 cm³/mol. The van der Waals surface area contributed by atoms with Gasteiger partial charge in [0, 0.05) is 62.0 Å². The van der Waals surface area contributed by atoms with E-state index in [2.05, 4.69) is 25.8 Å². The average Bonchev–Trinajstić information content (AvgIpc) is 3.22. The second-order valence-corrected chi connectivity index (χ2v) is 9.34. The molecule has 11 nitrogen and oxygen atoms in total. The molecule has 2 fully saturated rings. The summed E-state index contributed by atoms with van der Waals surface area (Å²) in [6.07, 6.45) is 7.01. The Morgan fingerprint density at radius 3 is 2.50 bits per heavy atom. The molecule has 2 aliphatic heterocycles. The molecular formula is C20H27N9O2S. The zero-order valence-corrected chi connectivity index (χ0v) is 18.9. The zero-order valence-electron chi connectivity index (χ0n) is 18.1. The minimum atomic E-state index is -0.910. The van der Waals surface area contributed by atoms with Crippen LogP contribution in [0.1, 0.15) is 5.69 Å². The zero-order chi connectivity index (χ0) is 22.1. The van der Waals surface area contributed by atoms with Gasteiger partial charge in [-0.15, -0.1) is 4.31 Å².